The first-order valence-electron chi connectivity index (χ1n) is 8.11. The first kappa shape index (κ1) is 17.4. The van der Waals surface area contributed by atoms with Crippen molar-refractivity contribution < 1.29 is 14.3 Å². The van der Waals surface area contributed by atoms with Crippen molar-refractivity contribution >= 4 is 11.8 Å². The van der Waals surface area contributed by atoms with Crippen molar-refractivity contribution in [3.8, 4) is 0 Å². The smallest absolute Gasteiger partial charge is 0.245 e. The monoisotopic (exact) mass is 319 g/mol. The van der Waals surface area contributed by atoms with E-state index in [1.54, 1.807) is 12.4 Å². The van der Waals surface area contributed by atoms with E-state index in [-0.39, 0.29) is 24.3 Å². The Hall–Kier alpha value is -1.95. The number of nitrogens with zero attached hydrogens (tertiary/aromatic N) is 1. The molecule has 0 bridgehead atoms. The number of aromatic nitrogens is 1. The van der Waals surface area contributed by atoms with Crippen molar-refractivity contribution in [1.82, 2.24) is 15.6 Å². The number of hydrogen-bond acceptors (Lipinski definition) is 4. The standard InChI is InChI=1S/C17H25N3O3/c1-23-12-16(21)19-10-13-4-6-15(7-5-13)17(22)20-11-14-3-2-8-18-9-14/h2-3,8-9,13,15H,4-7,10-12H2,1H3,(H,19,21)(H,20,22). The fraction of sp³-hybridized carbons (Fsp3) is 0.588. The predicted molar refractivity (Wildman–Crippen MR) is 86.4 cm³/mol. The van der Waals surface area contributed by atoms with Gasteiger partial charge >= 0.3 is 0 Å². The van der Waals surface area contributed by atoms with Gasteiger partial charge in [0.15, 0.2) is 0 Å². The molecule has 0 radical (unpaired) electrons. The normalized spacial score (nSPS) is 20.7. The van der Waals surface area contributed by atoms with Gasteiger partial charge in [-0.25, -0.2) is 0 Å². The molecule has 23 heavy (non-hydrogen) atoms. The van der Waals surface area contributed by atoms with E-state index in [1.165, 1.54) is 7.11 Å². The molecule has 1 aliphatic rings. The van der Waals surface area contributed by atoms with E-state index in [0.717, 1.165) is 31.2 Å². The second-order valence-corrected chi connectivity index (χ2v) is 6.03. The lowest BCUT2D eigenvalue weighted by Crippen LogP contribution is -2.36. The number of carbonyl (C=O) groups excluding carboxylic acids is 2. The summed E-state index contributed by atoms with van der Waals surface area (Å²) in [6.45, 7) is 1.30. The van der Waals surface area contributed by atoms with Gasteiger partial charge in [0, 0.05) is 38.5 Å². The van der Waals surface area contributed by atoms with Crippen LogP contribution in [0.25, 0.3) is 0 Å². The van der Waals surface area contributed by atoms with Gasteiger partial charge in [0.2, 0.25) is 11.8 Å². The van der Waals surface area contributed by atoms with Crippen LogP contribution in [0.15, 0.2) is 24.5 Å². The van der Waals surface area contributed by atoms with Crippen LogP contribution >= 0.6 is 0 Å². The molecule has 1 saturated carbocycles. The molecule has 6 heteroatoms. The van der Waals surface area contributed by atoms with E-state index in [1.807, 2.05) is 12.1 Å². The zero-order chi connectivity index (χ0) is 16.5. The van der Waals surface area contributed by atoms with Crippen molar-refractivity contribution in [3.63, 3.8) is 0 Å². The molecule has 1 aromatic rings. The van der Waals surface area contributed by atoms with Crippen LogP contribution in [0.4, 0.5) is 0 Å². The molecule has 0 atom stereocenters. The third kappa shape index (κ3) is 5.98. The fourth-order valence-electron chi connectivity index (χ4n) is 2.91. The highest BCUT2D eigenvalue weighted by Gasteiger charge is 2.26. The van der Waals surface area contributed by atoms with Gasteiger partial charge in [0.1, 0.15) is 6.61 Å². The SMILES string of the molecule is COCC(=O)NCC1CCC(C(=O)NCc2cccnc2)CC1. The van der Waals surface area contributed by atoms with Gasteiger partial charge < -0.3 is 15.4 Å². The van der Waals surface area contributed by atoms with Crippen LogP contribution in [0.2, 0.25) is 0 Å². The lowest BCUT2D eigenvalue weighted by Gasteiger charge is -2.27. The minimum Gasteiger partial charge on any atom is -0.375 e. The van der Waals surface area contributed by atoms with Crippen LogP contribution in [-0.4, -0.2) is 37.1 Å². The number of rotatable bonds is 7. The molecule has 126 valence electrons. The van der Waals surface area contributed by atoms with E-state index < -0.39 is 0 Å². The second kappa shape index (κ2) is 9.25. The molecular weight excluding hydrogens is 294 g/mol. The Labute approximate surface area is 137 Å². The molecule has 0 spiro atoms. The Morgan fingerprint density at radius 2 is 2.04 bits per heavy atom. The number of nitrogens with one attached hydrogen (secondary N) is 2. The Bertz CT molecular complexity index is 499. The zero-order valence-electron chi connectivity index (χ0n) is 13.6. The maximum atomic E-state index is 12.2. The summed E-state index contributed by atoms with van der Waals surface area (Å²) in [5.41, 5.74) is 1.01. The summed E-state index contributed by atoms with van der Waals surface area (Å²) in [5.74, 6) is 0.579. The molecule has 0 unspecified atom stereocenters. The molecule has 0 aromatic carbocycles. The van der Waals surface area contributed by atoms with Crippen LogP contribution in [0.1, 0.15) is 31.2 Å². The van der Waals surface area contributed by atoms with Crippen LogP contribution in [0.3, 0.4) is 0 Å². The van der Waals surface area contributed by atoms with Crippen molar-refractivity contribution in [2.75, 3.05) is 20.3 Å². The van der Waals surface area contributed by atoms with E-state index in [2.05, 4.69) is 15.6 Å². The molecule has 6 nitrogen and oxygen atoms in total. The molecule has 1 heterocycles. The first-order chi connectivity index (χ1) is 11.2. The topological polar surface area (TPSA) is 80.3 Å². The van der Waals surface area contributed by atoms with Gasteiger partial charge in [-0.1, -0.05) is 6.07 Å². The summed E-state index contributed by atoms with van der Waals surface area (Å²) < 4.78 is 4.79. The van der Waals surface area contributed by atoms with Gasteiger partial charge in [-0.05, 0) is 43.2 Å². The number of methoxy groups -OCH3 is 1. The lowest BCUT2D eigenvalue weighted by molar-refractivity contribution is -0.127. The fourth-order valence-corrected chi connectivity index (χ4v) is 2.91. The van der Waals surface area contributed by atoms with Gasteiger partial charge in [-0.3, -0.25) is 14.6 Å². The molecule has 1 aliphatic carbocycles. The molecule has 1 fully saturated rings. The predicted octanol–water partition coefficient (Wildman–Crippen LogP) is 1.27. The molecule has 0 aliphatic heterocycles. The second-order valence-electron chi connectivity index (χ2n) is 6.03. The molecule has 2 amide bonds. The van der Waals surface area contributed by atoms with Gasteiger partial charge in [-0.15, -0.1) is 0 Å². The molecular formula is C17H25N3O3. The summed E-state index contributed by atoms with van der Waals surface area (Å²) in [6.07, 6.45) is 7.18. The highest BCUT2D eigenvalue weighted by atomic mass is 16.5. The summed E-state index contributed by atoms with van der Waals surface area (Å²) in [6, 6.07) is 3.82. The van der Waals surface area contributed by atoms with Crippen molar-refractivity contribution in [2.24, 2.45) is 11.8 Å². The molecule has 1 aromatic heterocycles. The highest BCUT2D eigenvalue weighted by Crippen LogP contribution is 2.28. The Morgan fingerprint density at radius 3 is 2.70 bits per heavy atom. The number of hydrogen-bond donors (Lipinski definition) is 2. The molecule has 2 N–H and O–H groups in total. The van der Waals surface area contributed by atoms with Crippen LogP contribution in [0.5, 0.6) is 0 Å². The van der Waals surface area contributed by atoms with Crippen molar-refractivity contribution in [2.45, 2.75) is 32.2 Å². The summed E-state index contributed by atoms with van der Waals surface area (Å²) in [7, 11) is 1.51. The molecule has 2 rings (SSSR count). The quantitative estimate of drug-likeness (QED) is 0.793. The van der Waals surface area contributed by atoms with E-state index in [4.69, 9.17) is 4.74 Å². The Kier molecular flexibility index (Phi) is 7.00. The van der Waals surface area contributed by atoms with E-state index >= 15 is 0 Å². The zero-order valence-corrected chi connectivity index (χ0v) is 13.6. The average molecular weight is 319 g/mol. The van der Waals surface area contributed by atoms with Crippen LogP contribution < -0.4 is 10.6 Å². The van der Waals surface area contributed by atoms with Crippen molar-refractivity contribution in [1.29, 1.82) is 0 Å². The van der Waals surface area contributed by atoms with Crippen LogP contribution in [-0.2, 0) is 20.9 Å². The Morgan fingerprint density at radius 1 is 1.26 bits per heavy atom. The van der Waals surface area contributed by atoms with Crippen molar-refractivity contribution in [3.05, 3.63) is 30.1 Å². The average Bonchev–Trinajstić information content (AvgIpc) is 2.59. The maximum absolute atomic E-state index is 12.2. The third-order valence-corrected chi connectivity index (χ3v) is 4.27. The molecule has 0 saturated heterocycles. The summed E-state index contributed by atoms with van der Waals surface area (Å²) in [4.78, 5) is 27.6. The Balaban J connectivity index is 1.65. The minimum atomic E-state index is -0.0798. The number of pyridine rings is 1. The first-order valence-corrected chi connectivity index (χ1v) is 8.11. The van der Waals surface area contributed by atoms with Gasteiger partial charge in [0.05, 0.1) is 0 Å². The summed E-state index contributed by atoms with van der Waals surface area (Å²) in [5, 5.41) is 5.86. The lowest BCUT2D eigenvalue weighted by atomic mass is 9.81. The maximum Gasteiger partial charge on any atom is 0.245 e. The number of ether oxygens (including phenoxy) is 1. The van der Waals surface area contributed by atoms with Gasteiger partial charge in [-0.2, -0.15) is 0 Å². The van der Waals surface area contributed by atoms with Gasteiger partial charge in [0.25, 0.3) is 0 Å². The summed E-state index contributed by atoms with van der Waals surface area (Å²) >= 11 is 0. The van der Waals surface area contributed by atoms with E-state index in [9.17, 15) is 9.59 Å². The van der Waals surface area contributed by atoms with Crippen LogP contribution in [0, 0.1) is 11.8 Å². The van der Waals surface area contributed by atoms with E-state index in [0.29, 0.717) is 19.0 Å². The number of carbonyl (C=O) groups is 2. The largest absolute Gasteiger partial charge is 0.375 e. The highest BCUT2D eigenvalue weighted by molar-refractivity contribution is 5.78. The number of amides is 2. The minimum absolute atomic E-state index is 0.0798. The third-order valence-electron chi connectivity index (χ3n) is 4.27.